The van der Waals surface area contributed by atoms with Crippen LogP contribution in [0, 0.1) is 0 Å². The van der Waals surface area contributed by atoms with E-state index in [-0.39, 0.29) is 6.04 Å². The molecule has 2 aliphatic rings. The monoisotopic (exact) mass is 289 g/mol. The van der Waals surface area contributed by atoms with E-state index in [9.17, 15) is 9.90 Å². The number of aliphatic carboxylic acids is 1. The van der Waals surface area contributed by atoms with Crippen molar-refractivity contribution in [1.82, 2.24) is 4.90 Å². The third-order valence-electron chi connectivity index (χ3n) is 5.18. The first-order valence-corrected chi connectivity index (χ1v) is 7.73. The highest BCUT2D eigenvalue weighted by molar-refractivity contribution is 5.78. The zero-order valence-electron chi connectivity index (χ0n) is 12.8. The van der Waals surface area contributed by atoms with Crippen LogP contribution in [0.15, 0.2) is 18.2 Å². The van der Waals surface area contributed by atoms with Crippen molar-refractivity contribution in [3.8, 4) is 5.75 Å². The van der Waals surface area contributed by atoms with Gasteiger partial charge in [0.25, 0.3) is 0 Å². The average molecular weight is 289 g/mol. The number of fused-ring (bicyclic) bond motifs is 1. The van der Waals surface area contributed by atoms with E-state index < -0.39 is 11.5 Å². The van der Waals surface area contributed by atoms with Gasteiger partial charge in [0.15, 0.2) is 0 Å². The SMILES string of the molecule is COc1ccc2c(c1)C(N1CCCCC1(C)C(=O)O)CC2. The second-order valence-corrected chi connectivity index (χ2v) is 6.35. The lowest BCUT2D eigenvalue weighted by molar-refractivity contribution is -0.155. The molecule has 2 unspecified atom stereocenters. The third-order valence-corrected chi connectivity index (χ3v) is 5.18. The number of rotatable bonds is 3. The van der Waals surface area contributed by atoms with E-state index in [1.54, 1.807) is 7.11 Å². The fraction of sp³-hybridized carbons (Fsp3) is 0.588. The number of carbonyl (C=O) groups is 1. The van der Waals surface area contributed by atoms with E-state index in [0.29, 0.717) is 0 Å². The van der Waals surface area contributed by atoms with Gasteiger partial charge in [-0.15, -0.1) is 0 Å². The number of hydrogen-bond donors (Lipinski definition) is 1. The molecule has 0 aromatic heterocycles. The van der Waals surface area contributed by atoms with Gasteiger partial charge in [0.1, 0.15) is 11.3 Å². The number of benzene rings is 1. The molecular weight excluding hydrogens is 266 g/mol. The number of piperidine rings is 1. The van der Waals surface area contributed by atoms with E-state index in [1.165, 1.54) is 11.1 Å². The summed E-state index contributed by atoms with van der Waals surface area (Å²) < 4.78 is 5.34. The molecule has 2 atom stereocenters. The van der Waals surface area contributed by atoms with Gasteiger partial charge in [0, 0.05) is 6.04 Å². The topological polar surface area (TPSA) is 49.8 Å². The molecule has 1 heterocycles. The van der Waals surface area contributed by atoms with E-state index in [0.717, 1.165) is 44.4 Å². The first-order chi connectivity index (χ1) is 10.1. The minimum atomic E-state index is -0.742. The highest BCUT2D eigenvalue weighted by Gasteiger charge is 2.46. The molecule has 1 fully saturated rings. The average Bonchev–Trinajstić information content (AvgIpc) is 2.90. The quantitative estimate of drug-likeness (QED) is 0.929. The molecule has 114 valence electrons. The Hall–Kier alpha value is -1.55. The van der Waals surface area contributed by atoms with Crippen molar-refractivity contribution in [3.63, 3.8) is 0 Å². The third kappa shape index (κ3) is 2.31. The lowest BCUT2D eigenvalue weighted by Gasteiger charge is -2.45. The summed E-state index contributed by atoms with van der Waals surface area (Å²) in [6, 6.07) is 6.41. The molecule has 0 saturated carbocycles. The zero-order valence-corrected chi connectivity index (χ0v) is 12.8. The molecule has 1 aliphatic heterocycles. The lowest BCUT2D eigenvalue weighted by Crippen LogP contribution is -2.55. The predicted molar refractivity (Wildman–Crippen MR) is 80.7 cm³/mol. The van der Waals surface area contributed by atoms with Crippen LogP contribution in [0.25, 0.3) is 0 Å². The van der Waals surface area contributed by atoms with Gasteiger partial charge in [-0.2, -0.15) is 0 Å². The normalized spacial score (nSPS) is 29.1. The van der Waals surface area contributed by atoms with Crippen molar-refractivity contribution in [2.75, 3.05) is 13.7 Å². The van der Waals surface area contributed by atoms with Crippen molar-refractivity contribution >= 4 is 5.97 Å². The van der Waals surface area contributed by atoms with E-state index in [2.05, 4.69) is 17.0 Å². The second kappa shape index (κ2) is 5.34. The maximum absolute atomic E-state index is 11.8. The summed E-state index contributed by atoms with van der Waals surface area (Å²) in [4.78, 5) is 14.0. The maximum Gasteiger partial charge on any atom is 0.323 e. The molecule has 0 spiro atoms. The standard InChI is InChI=1S/C17H23NO3/c1-17(16(19)20)9-3-4-10-18(17)15-8-6-12-5-7-13(21-2)11-14(12)15/h5,7,11,15H,3-4,6,8-10H2,1-2H3,(H,19,20). The second-order valence-electron chi connectivity index (χ2n) is 6.35. The molecule has 0 amide bonds. The molecule has 3 rings (SSSR count). The number of aryl methyl sites for hydroxylation is 1. The minimum absolute atomic E-state index is 0.205. The summed E-state index contributed by atoms with van der Waals surface area (Å²) in [7, 11) is 1.67. The lowest BCUT2D eigenvalue weighted by atomic mass is 9.86. The molecule has 0 radical (unpaired) electrons. The number of hydrogen-bond acceptors (Lipinski definition) is 3. The van der Waals surface area contributed by atoms with Crippen LogP contribution >= 0.6 is 0 Å². The van der Waals surface area contributed by atoms with Gasteiger partial charge < -0.3 is 9.84 Å². The minimum Gasteiger partial charge on any atom is -0.497 e. The molecule has 1 aromatic carbocycles. The van der Waals surface area contributed by atoms with Crippen molar-refractivity contribution in [2.45, 2.75) is 50.6 Å². The molecule has 1 aromatic rings. The summed E-state index contributed by atoms with van der Waals surface area (Å²) in [5.74, 6) is 0.160. The molecule has 0 bridgehead atoms. The molecule has 4 nitrogen and oxygen atoms in total. The molecule has 1 N–H and O–H groups in total. The Labute approximate surface area is 125 Å². The Balaban J connectivity index is 1.96. The fourth-order valence-electron chi connectivity index (χ4n) is 3.88. The van der Waals surface area contributed by atoms with Crippen molar-refractivity contribution in [2.24, 2.45) is 0 Å². The summed E-state index contributed by atoms with van der Waals surface area (Å²) in [5.41, 5.74) is 1.84. The van der Waals surface area contributed by atoms with Gasteiger partial charge in [-0.3, -0.25) is 9.69 Å². The summed E-state index contributed by atoms with van der Waals surface area (Å²) in [6.45, 7) is 2.75. The highest BCUT2D eigenvalue weighted by Crippen LogP contribution is 2.43. The zero-order chi connectivity index (χ0) is 15.0. The van der Waals surface area contributed by atoms with Crippen LogP contribution in [0.4, 0.5) is 0 Å². The predicted octanol–water partition coefficient (Wildman–Crippen LogP) is 3.01. The Morgan fingerprint density at radius 2 is 2.24 bits per heavy atom. The Morgan fingerprint density at radius 3 is 2.95 bits per heavy atom. The maximum atomic E-state index is 11.8. The smallest absolute Gasteiger partial charge is 0.323 e. The first-order valence-electron chi connectivity index (χ1n) is 7.73. The Bertz CT molecular complexity index is 557. The van der Waals surface area contributed by atoms with Gasteiger partial charge in [0.05, 0.1) is 7.11 Å². The fourth-order valence-corrected chi connectivity index (χ4v) is 3.88. The summed E-state index contributed by atoms with van der Waals surface area (Å²) in [6.07, 6.45) is 4.84. The Kier molecular flexibility index (Phi) is 3.66. The van der Waals surface area contributed by atoms with Crippen LogP contribution in [0.5, 0.6) is 5.75 Å². The number of ether oxygens (including phenoxy) is 1. The van der Waals surface area contributed by atoms with Gasteiger partial charge in [-0.25, -0.2) is 0 Å². The molecule has 4 heteroatoms. The summed E-state index contributed by atoms with van der Waals surface area (Å²) >= 11 is 0. The van der Waals surface area contributed by atoms with Crippen LogP contribution in [0.1, 0.15) is 49.8 Å². The largest absolute Gasteiger partial charge is 0.497 e. The van der Waals surface area contributed by atoms with E-state index in [1.807, 2.05) is 13.0 Å². The number of likely N-dealkylation sites (tertiary alicyclic amines) is 1. The molecular formula is C17H23NO3. The van der Waals surface area contributed by atoms with Gasteiger partial charge >= 0.3 is 5.97 Å². The summed E-state index contributed by atoms with van der Waals surface area (Å²) in [5, 5.41) is 9.71. The number of methoxy groups -OCH3 is 1. The van der Waals surface area contributed by atoms with E-state index in [4.69, 9.17) is 4.74 Å². The van der Waals surface area contributed by atoms with Gasteiger partial charge in [-0.05, 0) is 68.8 Å². The van der Waals surface area contributed by atoms with Gasteiger partial charge in [0.2, 0.25) is 0 Å². The van der Waals surface area contributed by atoms with Crippen LogP contribution < -0.4 is 4.74 Å². The van der Waals surface area contributed by atoms with Crippen molar-refractivity contribution in [3.05, 3.63) is 29.3 Å². The Morgan fingerprint density at radius 1 is 1.43 bits per heavy atom. The van der Waals surface area contributed by atoms with E-state index >= 15 is 0 Å². The number of carboxylic acids is 1. The molecule has 1 saturated heterocycles. The molecule has 1 aliphatic carbocycles. The van der Waals surface area contributed by atoms with Crippen molar-refractivity contribution in [1.29, 1.82) is 0 Å². The highest BCUT2D eigenvalue weighted by atomic mass is 16.5. The van der Waals surface area contributed by atoms with Crippen molar-refractivity contribution < 1.29 is 14.6 Å². The first kappa shape index (κ1) is 14.4. The van der Waals surface area contributed by atoms with Crippen LogP contribution in [0.2, 0.25) is 0 Å². The van der Waals surface area contributed by atoms with Crippen LogP contribution in [-0.4, -0.2) is 35.2 Å². The number of nitrogens with zero attached hydrogens (tertiary/aromatic N) is 1. The number of carboxylic acid groups (broad SMARTS) is 1. The molecule has 21 heavy (non-hydrogen) atoms. The van der Waals surface area contributed by atoms with Crippen LogP contribution in [-0.2, 0) is 11.2 Å². The van der Waals surface area contributed by atoms with Gasteiger partial charge in [-0.1, -0.05) is 6.07 Å². The van der Waals surface area contributed by atoms with Crippen LogP contribution in [0.3, 0.4) is 0 Å².